The second-order valence-electron chi connectivity index (χ2n) is 5.52. The molecule has 1 rings (SSSR count). The Morgan fingerprint density at radius 2 is 2.05 bits per heavy atom. The summed E-state index contributed by atoms with van der Waals surface area (Å²) in [6, 6.07) is 8.27. The van der Waals surface area contributed by atoms with Crippen molar-refractivity contribution in [3.8, 4) is 0 Å². The molecule has 2 atom stereocenters. The third-order valence-electron chi connectivity index (χ3n) is 2.71. The van der Waals surface area contributed by atoms with Crippen molar-refractivity contribution in [3.05, 3.63) is 47.0 Å². The van der Waals surface area contributed by atoms with Gasteiger partial charge in [-0.05, 0) is 45.2 Å². The zero-order valence-electron chi connectivity index (χ0n) is 11.8. The SMILES string of the molecule is C=CC[C@@H](Cc1ccccc1Br)N[S@@](=O)C(C)(C)C. The number of hydrogen-bond acceptors (Lipinski definition) is 1. The monoisotopic (exact) mass is 343 g/mol. The Kier molecular flexibility index (Phi) is 6.43. The zero-order chi connectivity index (χ0) is 14.5. The van der Waals surface area contributed by atoms with Gasteiger partial charge in [-0.15, -0.1) is 6.58 Å². The van der Waals surface area contributed by atoms with Crippen molar-refractivity contribution in [2.75, 3.05) is 0 Å². The molecule has 2 nitrogen and oxygen atoms in total. The maximum atomic E-state index is 12.2. The molecular formula is C15H22BrNOS. The summed E-state index contributed by atoms with van der Waals surface area (Å²) in [7, 11) is -1.06. The molecule has 19 heavy (non-hydrogen) atoms. The highest BCUT2D eigenvalue weighted by Crippen LogP contribution is 2.19. The molecule has 0 aliphatic rings. The number of halogens is 1. The van der Waals surface area contributed by atoms with E-state index < -0.39 is 11.0 Å². The second-order valence-corrected chi connectivity index (χ2v) is 8.37. The average molecular weight is 344 g/mol. The Balaban J connectivity index is 2.76. The summed E-state index contributed by atoms with van der Waals surface area (Å²) in [6.07, 6.45) is 3.49. The topological polar surface area (TPSA) is 29.1 Å². The molecule has 0 unspecified atom stereocenters. The van der Waals surface area contributed by atoms with Crippen LogP contribution < -0.4 is 4.72 Å². The van der Waals surface area contributed by atoms with E-state index in [1.807, 2.05) is 45.0 Å². The third-order valence-corrected chi connectivity index (χ3v) is 5.14. The highest BCUT2D eigenvalue weighted by molar-refractivity contribution is 9.10. The van der Waals surface area contributed by atoms with Crippen molar-refractivity contribution in [2.45, 2.75) is 44.4 Å². The van der Waals surface area contributed by atoms with E-state index in [4.69, 9.17) is 0 Å². The van der Waals surface area contributed by atoms with Gasteiger partial charge in [-0.2, -0.15) is 0 Å². The maximum absolute atomic E-state index is 12.2. The molecule has 0 saturated carbocycles. The summed E-state index contributed by atoms with van der Waals surface area (Å²) in [4.78, 5) is 0. The van der Waals surface area contributed by atoms with Crippen molar-refractivity contribution < 1.29 is 4.21 Å². The van der Waals surface area contributed by atoms with E-state index in [0.29, 0.717) is 0 Å². The minimum atomic E-state index is -1.06. The van der Waals surface area contributed by atoms with E-state index >= 15 is 0 Å². The van der Waals surface area contributed by atoms with Gasteiger partial charge in [0.25, 0.3) is 0 Å². The van der Waals surface area contributed by atoms with Crippen LogP contribution in [-0.2, 0) is 17.4 Å². The summed E-state index contributed by atoms with van der Waals surface area (Å²) in [5, 5.41) is 0. The Morgan fingerprint density at radius 3 is 2.58 bits per heavy atom. The first-order valence-electron chi connectivity index (χ1n) is 6.37. The minimum Gasteiger partial charge on any atom is -0.242 e. The summed E-state index contributed by atoms with van der Waals surface area (Å²) < 4.78 is 16.2. The van der Waals surface area contributed by atoms with Gasteiger partial charge in [0.15, 0.2) is 0 Å². The number of nitrogens with one attached hydrogen (secondary N) is 1. The Morgan fingerprint density at radius 1 is 1.42 bits per heavy atom. The highest BCUT2D eigenvalue weighted by Gasteiger charge is 2.22. The van der Waals surface area contributed by atoms with Gasteiger partial charge < -0.3 is 0 Å². The molecule has 0 aliphatic heterocycles. The Labute approximate surface area is 127 Å². The van der Waals surface area contributed by atoms with Crippen LogP contribution in [0.4, 0.5) is 0 Å². The van der Waals surface area contributed by atoms with Gasteiger partial charge in [0.05, 0.1) is 15.7 Å². The first-order chi connectivity index (χ1) is 8.84. The summed E-state index contributed by atoms with van der Waals surface area (Å²) in [5.74, 6) is 0. The lowest BCUT2D eigenvalue weighted by Crippen LogP contribution is -2.40. The van der Waals surface area contributed by atoms with Gasteiger partial charge in [-0.25, -0.2) is 8.93 Å². The van der Waals surface area contributed by atoms with Gasteiger partial charge >= 0.3 is 0 Å². The van der Waals surface area contributed by atoms with Crippen LogP contribution >= 0.6 is 15.9 Å². The zero-order valence-corrected chi connectivity index (χ0v) is 14.2. The van der Waals surface area contributed by atoms with Crippen LogP contribution in [0.25, 0.3) is 0 Å². The molecule has 0 fully saturated rings. The predicted octanol–water partition coefficient (Wildman–Crippen LogP) is 3.99. The molecule has 1 aromatic rings. The average Bonchev–Trinajstić information content (AvgIpc) is 2.31. The number of hydrogen-bond donors (Lipinski definition) is 1. The van der Waals surface area contributed by atoms with Crippen LogP contribution in [0.1, 0.15) is 32.8 Å². The molecule has 0 aliphatic carbocycles. The molecule has 0 radical (unpaired) electrons. The van der Waals surface area contributed by atoms with E-state index in [1.54, 1.807) is 0 Å². The Hall–Kier alpha value is -0.450. The van der Waals surface area contributed by atoms with Crippen LogP contribution in [-0.4, -0.2) is 15.0 Å². The smallest absolute Gasteiger partial charge is 0.0972 e. The van der Waals surface area contributed by atoms with E-state index in [1.165, 1.54) is 5.56 Å². The van der Waals surface area contributed by atoms with Gasteiger partial charge in [0.1, 0.15) is 0 Å². The van der Waals surface area contributed by atoms with Gasteiger partial charge in [0.2, 0.25) is 0 Å². The Bertz CT molecular complexity index is 454. The van der Waals surface area contributed by atoms with Crippen LogP contribution in [0.5, 0.6) is 0 Å². The molecule has 0 heterocycles. The van der Waals surface area contributed by atoms with E-state index in [9.17, 15) is 4.21 Å². The first-order valence-corrected chi connectivity index (χ1v) is 8.31. The number of rotatable bonds is 6. The highest BCUT2D eigenvalue weighted by atomic mass is 79.9. The first kappa shape index (κ1) is 16.6. The maximum Gasteiger partial charge on any atom is 0.0972 e. The van der Waals surface area contributed by atoms with Crippen molar-refractivity contribution in [2.24, 2.45) is 0 Å². The molecule has 1 aromatic carbocycles. The van der Waals surface area contributed by atoms with Crippen LogP contribution in [0.2, 0.25) is 0 Å². The predicted molar refractivity (Wildman–Crippen MR) is 87.5 cm³/mol. The van der Waals surface area contributed by atoms with Crippen molar-refractivity contribution >= 4 is 26.9 Å². The fraction of sp³-hybridized carbons (Fsp3) is 0.467. The molecule has 0 saturated heterocycles. The molecule has 0 bridgehead atoms. The van der Waals surface area contributed by atoms with Crippen LogP contribution in [0, 0.1) is 0 Å². The van der Waals surface area contributed by atoms with Crippen LogP contribution in [0.15, 0.2) is 41.4 Å². The second kappa shape index (κ2) is 7.36. The lowest BCUT2D eigenvalue weighted by atomic mass is 10.0. The molecule has 4 heteroatoms. The van der Waals surface area contributed by atoms with E-state index in [2.05, 4.69) is 33.3 Å². The van der Waals surface area contributed by atoms with Crippen molar-refractivity contribution in [1.82, 2.24) is 4.72 Å². The van der Waals surface area contributed by atoms with Gasteiger partial charge in [0, 0.05) is 10.5 Å². The molecule has 0 spiro atoms. The van der Waals surface area contributed by atoms with Gasteiger partial charge in [-0.3, -0.25) is 0 Å². The summed E-state index contributed by atoms with van der Waals surface area (Å²) >= 11 is 3.55. The minimum absolute atomic E-state index is 0.135. The summed E-state index contributed by atoms with van der Waals surface area (Å²) in [5.41, 5.74) is 1.22. The van der Waals surface area contributed by atoms with Crippen molar-refractivity contribution in [3.63, 3.8) is 0 Å². The lowest BCUT2D eigenvalue weighted by Gasteiger charge is -2.24. The number of benzene rings is 1. The standard InChI is InChI=1S/C15H22BrNOS/c1-5-8-13(17-19(18)15(2,3)4)11-12-9-6-7-10-14(12)16/h5-7,9-10,13,17H,1,8,11H2,2-4H3/t13-,19-/m0/s1. The van der Waals surface area contributed by atoms with E-state index in [0.717, 1.165) is 17.3 Å². The normalized spacial score (nSPS) is 14.9. The quantitative estimate of drug-likeness (QED) is 0.777. The third kappa shape index (κ3) is 5.59. The van der Waals surface area contributed by atoms with Gasteiger partial charge in [-0.1, -0.05) is 40.2 Å². The van der Waals surface area contributed by atoms with E-state index in [-0.39, 0.29) is 10.8 Å². The fourth-order valence-corrected chi connectivity index (χ4v) is 2.91. The molecule has 1 N–H and O–H groups in total. The lowest BCUT2D eigenvalue weighted by molar-refractivity contribution is 0.582. The fourth-order valence-electron chi connectivity index (χ4n) is 1.63. The molecular weight excluding hydrogens is 322 g/mol. The summed E-state index contributed by atoms with van der Waals surface area (Å²) in [6.45, 7) is 9.70. The van der Waals surface area contributed by atoms with Crippen molar-refractivity contribution in [1.29, 1.82) is 0 Å². The largest absolute Gasteiger partial charge is 0.242 e. The molecule has 106 valence electrons. The molecule has 0 amide bonds. The van der Waals surface area contributed by atoms with Crippen LogP contribution in [0.3, 0.4) is 0 Å². The molecule has 0 aromatic heterocycles.